The van der Waals surface area contributed by atoms with Gasteiger partial charge in [-0.1, -0.05) is 19.9 Å². The van der Waals surface area contributed by atoms with Crippen LogP contribution in [0.25, 0.3) is 0 Å². The third-order valence-corrected chi connectivity index (χ3v) is 5.79. The fourth-order valence-electron chi connectivity index (χ4n) is 4.42. The molecule has 0 heterocycles. The number of rotatable bonds is 10. The Bertz CT molecular complexity index is 645. The standard InChI is InChI=1S/C23H36O8/c1-7-13-17-16(6)22(18(24)28-8-2,19(25)29-9-3)14-12-15-23(17,20(26)30-10-4)21(27)31-11-5/h17H,6-15H2,1-5H3. The van der Waals surface area contributed by atoms with Crippen molar-refractivity contribution in [2.45, 2.75) is 66.7 Å². The van der Waals surface area contributed by atoms with E-state index in [0.717, 1.165) is 0 Å². The summed E-state index contributed by atoms with van der Waals surface area (Å²) in [5, 5.41) is 0. The van der Waals surface area contributed by atoms with E-state index in [-0.39, 0.29) is 51.3 Å². The van der Waals surface area contributed by atoms with Gasteiger partial charge >= 0.3 is 23.9 Å². The van der Waals surface area contributed by atoms with Crippen molar-refractivity contribution in [1.82, 2.24) is 0 Å². The van der Waals surface area contributed by atoms with Gasteiger partial charge in [-0.15, -0.1) is 0 Å². The van der Waals surface area contributed by atoms with Crippen LogP contribution >= 0.6 is 0 Å². The summed E-state index contributed by atoms with van der Waals surface area (Å²) in [5.74, 6) is -3.86. The van der Waals surface area contributed by atoms with Crippen molar-refractivity contribution < 1.29 is 38.1 Å². The fourth-order valence-corrected chi connectivity index (χ4v) is 4.42. The van der Waals surface area contributed by atoms with Crippen LogP contribution in [0.1, 0.15) is 66.7 Å². The van der Waals surface area contributed by atoms with Gasteiger partial charge in [0, 0.05) is 5.92 Å². The molecule has 0 aromatic rings. The third-order valence-electron chi connectivity index (χ3n) is 5.79. The highest BCUT2D eigenvalue weighted by Gasteiger charge is 2.63. The van der Waals surface area contributed by atoms with Crippen LogP contribution in [0.3, 0.4) is 0 Å². The van der Waals surface area contributed by atoms with Crippen LogP contribution in [0.5, 0.6) is 0 Å². The summed E-state index contributed by atoms with van der Waals surface area (Å²) in [5.41, 5.74) is -3.35. The molecular weight excluding hydrogens is 404 g/mol. The molecule has 0 saturated heterocycles. The molecule has 1 fully saturated rings. The molecule has 8 heteroatoms. The number of hydrogen-bond acceptors (Lipinski definition) is 8. The molecule has 1 saturated carbocycles. The molecule has 1 atom stereocenters. The molecule has 8 nitrogen and oxygen atoms in total. The van der Waals surface area contributed by atoms with E-state index in [4.69, 9.17) is 18.9 Å². The van der Waals surface area contributed by atoms with Gasteiger partial charge in [0.15, 0.2) is 10.8 Å². The fraction of sp³-hybridized carbons (Fsp3) is 0.739. The molecule has 0 bridgehead atoms. The van der Waals surface area contributed by atoms with Gasteiger partial charge < -0.3 is 18.9 Å². The molecule has 1 aliphatic rings. The second-order valence-electron chi connectivity index (χ2n) is 7.48. The molecule has 0 amide bonds. The van der Waals surface area contributed by atoms with Crippen molar-refractivity contribution in [3.05, 3.63) is 12.2 Å². The summed E-state index contributed by atoms with van der Waals surface area (Å²) >= 11 is 0. The highest BCUT2D eigenvalue weighted by Crippen LogP contribution is 2.53. The van der Waals surface area contributed by atoms with E-state index in [1.165, 1.54) is 0 Å². The maximum atomic E-state index is 13.2. The van der Waals surface area contributed by atoms with E-state index in [1.807, 2.05) is 6.92 Å². The third kappa shape index (κ3) is 4.93. The quantitative estimate of drug-likeness (QED) is 0.167. The van der Waals surface area contributed by atoms with Gasteiger partial charge in [0.05, 0.1) is 26.4 Å². The molecule has 0 N–H and O–H groups in total. The lowest BCUT2D eigenvalue weighted by molar-refractivity contribution is -0.178. The molecule has 31 heavy (non-hydrogen) atoms. The van der Waals surface area contributed by atoms with E-state index in [2.05, 4.69) is 6.58 Å². The van der Waals surface area contributed by atoms with Crippen LogP contribution in [0.4, 0.5) is 0 Å². The highest BCUT2D eigenvalue weighted by molar-refractivity contribution is 6.06. The van der Waals surface area contributed by atoms with Crippen molar-refractivity contribution in [2.24, 2.45) is 16.7 Å². The van der Waals surface area contributed by atoms with Crippen LogP contribution in [0, 0.1) is 16.7 Å². The second-order valence-corrected chi connectivity index (χ2v) is 7.48. The molecular formula is C23H36O8. The van der Waals surface area contributed by atoms with Crippen molar-refractivity contribution in [2.75, 3.05) is 26.4 Å². The number of carbonyl (C=O) groups is 4. The Morgan fingerprint density at radius 3 is 1.58 bits per heavy atom. The number of hydrogen-bond donors (Lipinski definition) is 0. The predicted octanol–water partition coefficient (Wildman–Crippen LogP) is 3.37. The molecule has 1 unspecified atom stereocenters. The summed E-state index contributed by atoms with van der Waals surface area (Å²) in [6, 6.07) is 0. The zero-order valence-electron chi connectivity index (χ0n) is 19.4. The van der Waals surface area contributed by atoms with E-state index in [0.29, 0.717) is 12.8 Å². The molecule has 0 radical (unpaired) electrons. The smallest absolute Gasteiger partial charge is 0.327 e. The van der Waals surface area contributed by atoms with E-state index in [9.17, 15) is 19.2 Å². The van der Waals surface area contributed by atoms with Crippen LogP contribution in [-0.4, -0.2) is 50.3 Å². The first-order chi connectivity index (χ1) is 14.7. The van der Waals surface area contributed by atoms with E-state index >= 15 is 0 Å². The lowest BCUT2D eigenvalue weighted by Crippen LogP contribution is -2.51. The Morgan fingerprint density at radius 2 is 1.19 bits per heavy atom. The summed E-state index contributed by atoms with van der Waals surface area (Å²) in [6.07, 6.45) is 1.19. The molecule has 0 aromatic heterocycles. The van der Waals surface area contributed by atoms with Crippen molar-refractivity contribution in [1.29, 1.82) is 0 Å². The van der Waals surface area contributed by atoms with Crippen LogP contribution in [0.2, 0.25) is 0 Å². The average Bonchev–Trinajstić information content (AvgIpc) is 2.85. The molecule has 176 valence electrons. The van der Waals surface area contributed by atoms with Crippen molar-refractivity contribution in [3.8, 4) is 0 Å². The minimum Gasteiger partial charge on any atom is -0.465 e. The Morgan fingerprint density at radius 1 is 0.774 bits per heavy atom. The first-order valence-corrected chi connectivity index (χ1v) is 11.1. The highest BCUT2D eigenvalue weighted by atomic mass is 16.6. The van der Waals surface area contributed by atoms with Crippen LogP contribution in [-0.2, 0) is 38.1 Å². The van der Waals surface area contributed by atoms with Gasteiger partial charge in [-0.2, -0.15) is 0 Å². The molecule has 1 rings (SSSR count). The van der Waals surface area contributed by atoms with E-state index in [1.54, 1.807) is 27.7 Å². The minimum absolute atomic E-state index is 0.0181. The molecule has 1 aliphatic carbocycles. The predicted molar refractivity (Wildman–Crippen MR) is 113 cm³/mol. The van der Waals surface area contributed by atoms with Gasteiger partial charge in [0.2, 0.25) is 0 Å². The van der Waals surface area contributed by atoms with Gasteiger partial charge in [0.25, 0.3) is 0 Å². The summed E-state index contributed by atoms with van der Waals surface area (Å²) in [7, 11) is 0. The monoisotopic (exact) mass is 440 g/mol. The molecule has 0 aliphatic heterocycles. The zero-order valence-corrected chi connectivity index (χ0v) is 19.4. The van der Waals surface area contributed by atoms with Crippen molar-refractivity contribution in [3.63, 3.8) is 0 Å². The Balaban J connectivity index is 3.77. The first-order valence-electron chi connectivity index (χ1n) is 11.1. The summed E-state index contributed by atoms with van der Waals surface area (Å²) in [6.45, 7) is 12.8. The summed E-state index contributed by atoms with van der Waals surface area (Å²) in [4.78, 5) is 52.7. The lowest BCUT2D eigenvalue weighted by Gasteiger charge is -2.39. The lowest BCUT2D eigenvalue weighted by atomic mass is 9.64. The largest absolute Gasteiger partial charge is 0.465 e. The van der Waals surface area contributed by atoms with Gasteiger partial charge in [-0.3, -0.25) is 19.2 Å². The number of esters is 4. The average molecular weight is 441 g/mol. The minimum atomic E-state index is -1.80. The van der Waals surface area contributed by atoms with Crippen LogP contribution in [0.15, 0.2) is 12.2 Å². The normalized spacial score (nSPS) is 19.6. The topological polar surface area (TPSA) is 105 Å². The zero-order chi connectivity index (χ0) is 23.7. The maximum absolute atomic E-state index is 13.2. The molecule has 0 aromatic carbocycles. The first kappa shape index (κ1) is 26.7. The number of carbonyl (C=O) groups excluding carboxylic acids is 4. The SMILES string of the molecule is C=C1C(CCC)C(C(=O)OCC)(C(=O)OCC)CCCC1(C(=O)OCC)C(=O)OCC. The van der Waals surface area contributed by atoms with Gasteiger partial charge in [-0.25, -0.2) is 0 Å². The van der Waals surface area contributed by atoms with Crippen LogP contribution < -0.4 is 0 Å². The van der Waals surface area contributed by atoms with Gasteiger partial charge in [-0.05, 0) is 59.0 Å². The van der Waals surface area contributed by atoms with E-state index < -0.39 is 40.6 Å². The summed E-state index contributed by atoms with van der Waals surface area (Å²) < 4.78 is 21.1. The maximum Gasteiger partial charge on any atom is 0.327 e. The van der Waals surface area contributed by atoms with Crippen molar-refractivity contribution >= 4 is 23.9 Å². The van der Waals surface area contributed by atoms with Gasteiger partial charge in [0.1, 0.15) is 0 Å². The Kier molecular flexibility index (Phi) is 10.2. The second kappa shape index (κ2) is 11.9. The number of ether oxygens (including phenoxy) is 4. The Labute approximate surface area is 184 Å². The Hall–Kier alpha value is -2.38. The molecule has 0 spiro atoms.